The summed E-state index contributed by atoms with van der Waals surface area (Å²) in [5.41, 5.74) is 2.46. The zero-order valence-electron chi connectivity index (χ0n) is 11.4. The average Bonchev–Trinajstić information content (AvgIpc) is 2.37. The number of carbonyl (C=O) groups is 2. The molecule has 0 aliphatic rings. The number of aromatic carboxylic acids is 1. The molecule has 116 valence electrons. The fourth-order valence-corrected chi connectivity index (χ4v) is 1.43. The van der Waals surface area contributed by atoms with Crippen LogP contribution in [-0.4, -0.2) is 22.5 Å². The molecule has 1 unspecified atom stereocenters. The Bertz CT molecular complexity index is 568. The van der Waals surface area contributed by atoms with E-state index >= 15 is 0 Å². The van der Waals surface area contributed by atoms with E-state index in [4.69, 9.17) is 10.8 Å². The lowest BCUT2D eigenvalue weighted by Crippen LogP contribution is -2.48. The summed E-state index contributed by atoms with van der Waals surface area (Å²) in [6, 6.07) is 2.07. The normalized spacial score (nSPS) is 14.4. The molecule has 0 heterocycles. The maximum atomic E-state index is 12.6. The highest BCUT2D eigenvalue weighted by Crippen LogP contribution is 2.32. The Kier molecular flexibility index (Phi) is 4.62. The van der Waals surface area contributed by atoms with Gasteiger partial charge in [-0.3, -0.25) is 4.79 Å². The number of rotatable bonds is 4. The Hall–Kier alpha value is -2.09. The number of halogens is 3. The van der Waals surface area contributed by atoms with Gasteiger partial charge in [0.05, 0.1) is 22.4 Å². The van der Waals surface area contributed by atoms with Crippen molar-refractivity contribution in [3.05, 3.63) is 29.3 Å². The zero-order chi connectivity index (χ0) is 16.4. The molecule has 0 aliphatic heterocycles. The molecular formula is C13H15F3N2O3. The Morgan fingerprint density at radius 1 is 1.33 bits per heavy atom. The minimum absolute atomic E-state index is 0.231. The Morgan fingerprint density at radius 3 is 2.33 bits per heavy atom. The van der Waals surface area contributed by atoms with Crippen LogP contribution >= 0.6 is 0 Å². The molecule has 1 rings (SSSR count). The first-order chi connectivity index (χ1) is 9.49. The van der Waals surface area contributed by atoms with Crippen molar-refractivity contribution in [1.29, 1.82) is 0 Å². The molecule has 1 amide bonds. The predicted molar refractivity (Wildman–Crippen MR) is 69.9 cm³/mol. The molecule has 0 radical (unpaired) electrons. The maximum absolute atomic E-state index is 12.6. The van der Waals surface area contributed by atoms with Crippen molar-refractivity contribution in [2.45, 2.75) is 32.0 Å². The highest BCUT2D eigenvalue weighted by Gasteiger charge is 2.33. The van der Waals surface area contributed by atoms with Gasteiger partial charge < -0.3 is 16.2 Å². The van der Waals surface area contributed by atoms with Crippen molar-refractivity contribution in [1.82, 2.24) is 0 Å². The van der Waals surface area contributed by atoms with Crippen molar-refractivity contribution >= 4 is 17.6 Å². The number of carbonyl (C=O) groups excluding carboxylic acids is 1. The first kappa shape index (κ1) is 17.0. The third-order valence-electron chi connectivity index (χ3n) is 3.08. The van der Waals surface area contributed by atoms with E-state index in [1.807, 2.05) is 0 Å². The van der Waals surface area contributed by atoms with Crippen LogP contribution in [0.15, 0.2) is 18.2 Å². The number of hydrogen-bond donors (Lipinski definition) is 3. The van der Waals surface area contributed by atoms with Gasteiger partial charge in [0.2, 0.25) is 5.91 Å². The number of alkyl halides is 3. The number of anilines is 1. The summed E-state index contributed by atoms with van der Waals surface area (Å²) in [6.45, 7) is 3.09. The van der Waals surface area contributed by atoms with E-state index in [0.29, 0.717) is 12.1 Å². The van der Waals surface area contributed by atoms with E-state index in [2.05, 4.69) is 5.32 Å². The van der Waals surface area contributed by atoms with Crippen LogP contribution in [0.2, 0.25) is 0 Å². The highest BCUT2D eigenvalue weighted by atomic mass is 19.4. The number of carboxylic acid groups (broad SMARTS) is 1. The largest absolute Gasteiger partial charge is 0.478 e. The molecule has 5 nitrogen and oxygen atoms in total. The van der Waals surface area contributed by atoms with Gasteiger partial charge in [0.25, 0.3) is 0 Å². The van der Waals surface area contributed by atoms with E-state index in [1.165, 1.54) is 6.92 Å². The lowest BCUT2D eigenvalue weighted by molar-refractivity contribution is -0.137. The summed E-state index contributed by atoms with van der Waals surface area (Å²) < 4.78 is 37.7. The first-order valence-corrected chi connectivity index (χ1v) is 6.04. The van der Waals surface area contributed by atoms with Gasteiger partial charge in [-0.1, -0.05) is 6.92 Å². The van der Waals surface area contributed by atoms with Crippen LogP contribution in [0.25, 0.3) is 0 Å². The van der Waals surface area contributed by atoms with Crippen molar-refractivity contribution in [2.75, 3.05) is 5.32 Å². The van der Waals surface area contributed by atoms with Gasteiger partial charge in [0.15, 0.2) is 0 Å². The first-order valence-electron chi connectivity index (χ1n) is 6.04. The molecule has 0 saturated carbocycles. The van der Waals surface area contributed by atoms with E-state index in [0.717, 1.165) is 6.07 Å². The summed E-state index contributed by atoms with van der Waals surface area (Å²) in [5, 5.41) is 11.2. The number of benzene rings is 1. The second-order valence-corrected chi connectivity index (χ2v) is 4.79. The van der Waals surface area contributed by atoms with Gasteiger partial charge in [-0.25, -0.2) is 4.79 Å². The van der Waals surface area contributed by atoms with E-state index < -0.39 is 34.7 Å². The molecule has 21 heavy (non-hydrogen) atoms. The number of hydrogen-bond acceptors (Lipinski definition) is 3. The zero-order valence-corrected chi connectivity index (χ0v) is 11.4. The van der Waals surface area contributed by atoms with Gasteiger partial charge in [0.1, 0.15) is 0 Å². The maximum Gasteiger partial charge on any atom is 0.416 e. The second kappa shape index (κ2) is 5.72. The minimum Gasteiger partial charge on any atom is -0.478 e. The van der Waals surface area contributed by atoms with Crippen LogP contribution in [0.4, 0.5) is 18.9 Å². The Labute approximate surface area is 118 Å². The monoisotopic (exact) mass is 304 g/mol. The lowest BCUT2D eigenvalue weighted by Gasteiger charge is -2.22. The SMILES string of the molecule is CCC(C)(N)C(=O)Nc1ccc(C(F)(F)F)cc1C(=O)O. The van der Waals surface area contributed by atoms with Crippen molar-refractivity contribution in [3.8, 4) is 0 Å². The summed E-state index contributed by atoms with van der Waals surface area (Å²) in [5.74, 6) is -2.25. The molecule has 0 saturated heterocycles. The van der Waals surface area contributed by atoms with E-state index in [-0.39, 0.29) is 12.1 Å². The van der Waals surface area contributed by atoms with E-state index in [1.54, 1.807) is 6.92 Å². The molecule has 0 fully saturated rings. The third kappa shape index (κ3) is 3.94. The Morgan fingerprint density at radius 2 is 1.90 bits per heavy atom. The van der Waals surface area contributed by atoms with Gasteiger partial charge in [-0.2, -0.15) is 13.2 Å². The van der Waals surface area contributed by atoms with Crippen molar-refractivity contribution < 1.29 is 27.9 Å². The van der Waals surface area contributed by atoms with Crippen LogP contribution in [0.3, 0.4) is 0 Å². The number of nitrogens with one attached hydrogen (secondary N) is 1. The topological polar surface area (TPSA) is 92.4 Å². The highest BCUT2D eigenvalue weighted by molar-refractivity contribution is 6.03. The summed E-state index contributed by atoms with van der Waals surface area (Å²) >= 11 is 0. The Balaban J connectivity index is 3.20. The van der Waals surface area contributed by atoms with Crippen LogP contribution in [-0.2, 0) is 11.0 Å². The van der Waals surface area contributed by atoms with Gasteiger partial charge in [-0.15, -0.1) is 0 Å². The number of amides is 1. The molecule has 0 bridgehead atoms. The molecule has 0 aromatic heterocycles. The molecule has 0 aliphatic carbocycles. The summed E-state index contributed by atoms with van der Waals surface area (Å²) in [4.78, 5) is 22.9. The molecule has 4 N–H and O–H groups in total. The van der Waals surface area contributed by atoms with Crippen molar-refractivity contribution in [2.24, 2.45) is 5.73 Å². The predicted octanol–water partition coefficient (Wildman–Crippen LogP) is 2.47. The average molecular weight is 304 g/mol. The van der Waals surface area contributed by atoms with Gasteiger partial charge >= 0.3 is 12.1 Å². The summed E-state index contributed by atoms with van der Waals surface area (Å²) in [7, 11) is 0. The molecule has 8 heteroatoms. The molecular weight excluding hydrogens is 289 g/mol. The number of carboxylic acids is 1. The summed E-state index contributed by atoms with van der Waals surface area (Å²) in [6.07, 6.45) is -4.39. The van der Waals surface area contributed by atoms with Crippen LogP contribution in [0.5, 0.6) is 0 Å². The minimum atomic E-state index is -4.67. The standard InChI is InChI=1S/C13H15F3N2O3/c1-3-12(2,17)11(21)18-9-5-4-7(13(14,15)16)6-8(9)10(19)20/h4-6H,3,17H2,1-2H3,(H,18,21)(H,19,20). The second-order valence-electron chi connectivity index (χ2n) is 4.79. The van der Waals surface area contributed by atoms with Crippen LogP contribution < -0.4 is 11.1 Å². The quantitative estimate of drug-likeness (QED) is 0.796. The molecule has 1 aromatic carbocycles. The lowest BCUT2D eigenvalue weighted by atomic mass is 9.99. The fourth-order valence-electron chi connectivity index (χ4n) is 1.43. The van der Waals surface area contributed by atoms with Crippen LogP contribution in [0.1, 0.15) is 36.2 Å². The molecule has 1 atom stereocenters. The van der Waals surface area contributed by atoms with Crippen LogP contribution in [0, 0.1) is 0 Å². The third-order valence-corrected chi connectivity index (χ3v) is 3.08. The smallest absolute Gasteiger partial charge is 0.416 e. The van der Waals surface area contributed by atoms with Gasteiger partial charge in [0, 0.05) is 0 Å². The van der Waals surface area contributed by atoms with Gasteiger partial charge in [-0.05, 0) is 31.5 Å². The van der Waals surface area contributed by atoms with Crippen molar-refractivity contribution in [3.63, 3.8) is 0 Å². The van der Waals surface area contributed by atoms with E-state index in [9.17, 15) is 22.8 Å². The molecule has 0 spiro atoms. The number of nitrogens with two attached hydrogens (primary N) is 1. The molecule has 1 aromatic rings. The fraction of sp³-hybridized carbons (Fsp3) is 0.385.